The van der Waals surface area contributed by atoms with Crippen molar-refractivity contribution in [3.8, 4) is 5.00 Å². The van der Waals surface area contributed by atoms with E-state index in [0.29, 0.717) is 16.8 Å². The Morgan fingerprint density at radius 3 is 2.47 bits per heavy atom. The quantitative estimate of drug-likeness (QED) is 0.179. The molecule has 0 saturated carbocycles. The van der Waals surface area contributed by atoms with Crippen molar-refractivity contribution in [3.05, 3.63) is 103 Å². The SMILES string of the molecule is Cc1cc(/C=C2\C(=O)NC(=O)N(c3ccc(Cl)c(Cl)c3)C2=O)c(C)n1-c1sc2c(c1C(=O)Nc1ccccc1)CCCC2. The number of carbonyl (C=O) groups is 4. The Morgan fingerprint density at radius 1 is 0.977 bits per heavy atom. The van der Waals surface area contributed by atoms with Gasteiger partial charge in [0.25, 0.3) is 17.7 Å². The van der Waals surface area contributed by atoms with Crippen molar-refractivity contribution in [3.63, 3.8) is 0 Å². The van der Waals surface area contributed by atoms with E-state index in [9.17, 15) is 19.2 Å². The van der Waals surface area contributed by atoms with Gasteiger partial charge in [0.1, 0.15) is 10.6 Å². The van der Waals surface area contributed by atoms with E-state index >= 15 is 0 Å². The second kappa shape index (κ2) is 11.5. The van der Waals surface area contributed by atoms with Crippen LogP contribution in [0.1, 0.15) is 50.6 Å². The Labute approximate surface area is 261 Å². The minimum atomic E-state index is -0.880. The molecule has 1 aliphatic heterocycles. The Morgan fingerprint density at radius 2 is 1.72 bits per heavy atom. The predicted molar refractivity (Wildman–Crippen MR) is 170 cm³/mol. The lowest BCUT2D eigenvalue weighted by Crippen LogP contribution is -2.54. The fourth-order valence-corrected chi connectivity index (χ4v) is 7.37. The summed E-state index contributed by atoms with van der Waals surface area (Å²) in [6.07, 6.45) is 5.30. The fourth-order valence-electron chi connectivity index (χ4n) is 5.58. The maximum absolute atomic E-state index is 13.7. The first kappa shape index (κ1) is 28.9. The standard InChI is InChI=1S/C32H26Cl2N4O4S/c1-17-14-19(15-23-28(39)36-32(42)38(30(23)41)21-12-13-24(33)25(34)16-21)18(2)37(17)31-27(22-10-6-7-11-26(22)43-31)29(40)35-20-8-4-3-5-9-20/h3-5,8-9,12-16H,6-7,10-11H2,1-2H3,(H,35,40)(H,36,39,42)/b23-15+. The molecule has 0 bridgehead atoms. The van der Waals surface area contributed by atoms with Crippen LogP contribution in [0.4, 0.5) is 16.2 Å². The average Bonchev–Trinajstić information content (AvgIpc) is 3.49. The molecular weight excluding hydrogens is 607 g/mol. The van der Waals surface area contributed by atoms with E-state index in [1.54, 1.807) is 11.3 Å². The number of nitrogens with zero attached hydrogens (tertiary/aromatic N) is 2. The smallest absolute Gasteiger partial charge is 0.322 e. The summed E-state index contributed by atoms with van der Waals surface area (Å²) in [6.45, 7) is 3.80. The number of anilines is 2. The van der Waals surface area contributed by atoms with E-state index in [-0.39, 0.29) is 27.2 Å². The first-order valence-electron chi connectivity index (χ1n) is 13.7. The van der Waals surface area contributed by atoms with Crippen molar-refractivity contribution in [2.24, 2.45) is 0 Å². The number of para-hydroxylation sites is 1. The molecule has 0 atom stereocenters. The van der Waals surface area contributed by atoms with Crippen LogP contribution in [0.3, 0.4) is 0 Å². The zero-order chi connectivity index (χ0) is 30.4. The number of fused-ring (bicyclic) bond motifs is 1. The molecule has 3 heterocycles. The molecule has 4 aromatic rings. The number of imide groups is 2. The molecule has 1 aliphatic carbocycles. The molecule has 0 spiro atoms. The third-order valence-corrected chi connectivity index (χ3v) is 9.66. The number of amides is 5. The average molecular weight is 634 g/mol. The summed E-state index contributed by atoms with van der Waals surface area (Å²) in [5, 5.41) is 6.52. The first-order chi connectivity index (χ1) is 20.6. The van der Waals surface area contributed by atoms with Gasteiger partial charge >= 0.3 is 6.03 Å². The van der Waals surface area contributed by atoms with Gasteiger partial charge in [-0.3, -0.25) is 19.7 Å². The molecule has 0 unspecified atom stereocenters. The van der Waals surface area contributed by atoms with Gasteiger partial charge in [-0.15, -0.1) is 11.3 Å². The van der Waals surface area contributed by atoms with E-state index in [0.717, 1.165) is 52.5 Å². The molecule has 2 aromatic carbocycles. The van der Waals surface area contributed by atoms with Crippen LogP contribution in [0.2, 0.25) is 10.0 Å². The molecule has 43 heavy (non-hydrogen) atoms. The number of thiophene rings is 1. The Bertz CT molecular complexity index is 1860. The van der Waals surface area contributed by atoms with Gasteiger partial charge in [0.2, 0.25) is 0 Å². The number of aryl methyl sites for hydroxylation is 2. The molecule has 2 aliphatic rings. The normalized spacial score (nSPS) is 16.0. The number of hydrogen-bond acceptors (Lipinski definition) is 5. The number of aromatic nitrogens is 1. The van der Waals surface area contributed by atoms with Crippen LogP contribution < -0.4 is 15.5 Å². The lowest BCUT2D eigenvalue weighted by Gasteiger charge is -2.26. The zero-order valence-electron chi connectivity index (χ0n) is 23.3. The predicted octanol–water partition coefficient (Wildman–Crippen LogP) is 7.26. The number of carbonyl (C=O) groups excluding carboxylic acids is 4. The van der Waals surface area contributed by atoms with Crippen molar-refractivity contribution in [2.75, 3.05) is 10.2 Å². The summed E-state index contributed by atoms with van der Waals surface area (Å²) in [6, 6.07) is 14.7. The largest absolute Gasteiger partial charge is 0.335 e. The summed E-state index contributed by atoms with van der Waals surface area (Å²) in [5.74, 6) is -1.76. The number of benzene rings is 2. The minimum absolute atomic E-state index is 0.163. The van der Waals surface area contributed by atoms with E-state index in [1.807, 2.05) is 54.8 Å². The number of rotatable bonds is 5. The van der Waals surface area contributed by atoms with Crippen LogP contribution in [-0.4, -0.2) is 28.3 Å². The van der Waals surface area contributed by atoms with Crippen LogP contribution in [-0.2, 0) is 22.4 Å². The third kappa shape index (κ3) is 5.29. The molecule has 8 nitrogen and oxygen atoms in total. The van der Waals surface area contributed by atoms with Crippen LogP contribution in [0.5, 0.6) is 0 Å². The van der Waals surface area contributed by atoms with E-state index < -0.39 is 17.8 Å². The Kier molecular flexibility index (Phi) is 7.72. The highest BCUT2D eigenvalue weighted by Crippen LogP contribution is 2.39. The van der Waals surface area contributed by atoms with Crippen LogP contribution in [0, 0.1) is 13.8 Å². The van der Waals surface area contributed by atoms with Crippen molar-refractivity contribution < 1.29 is 19.2 Å². The van der Waals surface area contributed by atoms with Crippen molar-refractivity contribution >= 4 is 75.7 Å². The molecule has 11 heteroatoms. The second-order valence-corrected chi connectivity index (χ2v) is 12.3. The van der Waals surface area contributed by atoms with Gasteiger partial charge in [-0.25, -0.2) is 9.69 Å². The van der Waals surface area contributed by atoms with Gasteiger partial charge in [-0.05, 0) is 93.1 Å². The number of barbiturate groups is 1. The summed E-state index contributed by atoms with van der Waals surface area (Å²) >= 11 is 13.7. The number of urea groups is 1. The summed E-state index contributed by atoms with van der Waals surface area (Å²) < 4.78 is 2.00. The van der Waals surface area contributed by atoms with Crippen molar-refractivity contribution in [1.29, 1.82) is 0 Å². The van der Waals surface area contributed by atoms with E-state index in [2.05, 4.69) is 10.6 Å². The third-order valence-electron chi connectivity index (χ3n) is 7.65. The molecule has 5 amide bonds. The maximum Gasteiger partial charge on any atom is 0.335 e. The Hall–Kier alpha value is -4.18. The second-order valence-electron chi connectivity index (χ2n) is 10.4. The molecule has 2 N–H and O–H groups in total. The first-order valence-corrected chi connectivity index (χ1v) is 15.3. The van der Waals surface area contributed by atoms with Gasteiger partial charge in [0, 0.05) is 22.0 Å². The van der Waals surface area contributed by atoms with Crippen LogP contribution in [0.25, 0.3) is 11.1 Å². The van der Waals surface area contributed by atoms with E-state index in [4.69, 9.17) is 23.2 Å². The summed E-state index contributed by atoms with van der Waals surface area (Å²) in [7, 11) is 0. The molecular formula is C32H26Cl2N4O4S. The van der Waals surface area contributed by atoms with Gasteiger partial charge in [-0.1, -0.05) is 41.4 Å². The van der Waals surface area contributed by atoms with Gasteiger partial charge in [0.05, 0.1) is 21.3 Å². The number of hydrogen-bond donors (Lipinski definition) is 2. The molecule has 2 aromatic heterocycles. The highest BCUT2D eigenvalue weighted by molar-refractivity contribution is 7.15. The number of nitrogens with one attached hydrogen (secondary N) is 2. The fraction of sp³-hybridized carbons (Fsp3) is 0.188. The van der Waals surface area contributed by atoms with E-state index in [1.165, 1.54) is 29.2 Å². The summed E-state index contributed by atoms with van der Waals surface area (Å²) in [5.41, 5.74) is 4.59. The van der Waals surface area contributed by atoms with Gasteiger partial charge < -0.3 is 9.88 Å². The van der Waals surface area contributed by atoms with Gasteiger partial charge in [-0.2, -0.15) is 0 Å². The minimum Gasteiger partial charge on any atom is -0.322 e. The highest BCUT2D eigenvalue weighted by Gasteiger charge is 2.37. The highest BCUT2D eigenvalue weighted by atomic mass is 35.5. The summed E-state index contributed by atoms with van der Waals surface area (Å²) in [4.78, 5) is 54.9. The van der Waals surface area contributed by atoms with Crippen LogP contribution in [0.15, 0.2) is 60.2 Å². The molecule has 218 valence electrons. The monoisotopic (exact) mass is 632 g/mol. The van der Waals surface area contributed by atoms with Crippen LogP contribution >= 0.6 is 34.5 Å². The van der Waals surface area contributed by atoms with Crippen molar-refractivity contribution in [1.82, 2.24) is 9.88 Å². The number of halogens is 2. The molecule has 6 rings (SSSR count). The lowest BCUT2D eigenvalue weighted by atomic mass is 9.95. The zero-order valence-corrected chi connectivity index (χ0v) is 25.6. The van der Waals surface area contributed by atoms with Gasteiger partial charge in [0.15, 0.2) is 0 Å². The molecule has 1 fully saturated rings. The Balaban J connectivity index is 1.41. The van der Waals surface area contributed by atoms with Crippen molar-refractivity contribution in [2.45, 2.75) is 39.5 Å². The molecule has 1 saturated heterocycles. The molecule has 0 radical (unpaired) electrons. The lowest BCUT2D eigenvalue weighted by molar-refractivity contribution is -0.122. The maximum atomic E-state index is 13.7. The topological polar surface area (TPSA) is 101 Å².